The molecule has 118 valence electrons. The van der Waals surface area contributed by atoms with E-state index in [1.807, 2.05) is 25.2 Å². The van der Waals surface area contributed by atoms with E-state index in [0.717, 1.165) is 17.0 Å². The molecule has 0 aliphatic carbocycles. The molecule has 1 amide bonds. The highest BCUT2D eigenvalue weighted by atomic mass is 16.2. The second kappa shape index (κ2) is 6.50. The van der Waals surface area contributed by atoms with Gasteiger partial charge in [0.05, 0.1) is 18.1 Å². The summed E-state index contributed by atoms with van der Waals surface area (Å²) in [6.45, 7) is 1.16. The van der Waals surface area contributed by atoms with Crippen molar-refractivity contribution in [2.24, 2.45) is 0 Å². The van der Waals surface area contributed by atoms with Gasteiger partial charge in [0.2, 0.25) is 0 Å². The minimum Gasteiger partial charge on any atom is -0.326 e. The second-order valence-corrected chi connectivity index (χ2v) is 5.68. The Morgan fingerprint density at radius 1 is 1.09 bits per heavy atom. The molecule has 0 bridgehead atoms. The lowest BCUT2D eigenvalue weighted by atomic mass is 10.2. The van der Waals surface area contributed by atoms with Crippen molar-refractivity contribution in [3.8, 4) is 0 Å². The van der Waals surface area contributed by atoms with Crippen LogP contribution in [0.5, 0.6) is 0 Å². The first-order valence-electron chi connectivity index (χ1n) is 7.47. The minimum absolute atomic E-state index is 0.0596. The number of fused-ring (bicyclic) bond motifs is 1. The Bertz CT molecular complexity index is 867. The maximum absolute atomic E-state index is 12.1. The number of likely N-dealkylation sites (N-methyl/N-ethyl adjacent to an activating group) is 1. The number of rotatable bonds is 5. The fraction of sp³-hybridized carbons (Fsp3) is 0.176. The van der Waals surface area contributed by atoms with E-state index in [0.29, 0.717) is 17.7 Å². The van der Waals surface area contributed by atoms with Gasteiger partial charge in [-0.1, -0.05) is 30.3 Å². The second-order valence-electron chi connectivity index (χ2n) is 5.68. The Hall–Kier alpha value is -2.86. The van der Waals surface area contributed by atoms with Crippen LogP contribution in [0.4, 0.5) is 5.69 Å². The summed E-state index contributed by atoms with van der Waals surface area (Å²) < 4.78 is 0. The van der Waals surface area contributed by atoms with Gasteiger partial charge in [-0.3, -0.25) is 4.79 Å². The first kappa shape index (κ1) is 15.1. The van der Waals surface area contributed by atoms with Gasteiger partial charge in [-0.2, -0.15) is 0 Å². The van der Waals surface area contributed by atoms with E-state index >= 15 is 0 Å². The van der Waals surface area contributed by atoms with Gasteiger partial charge in [-0.25, -0.2) is 4.79 Å². The lowest BCUT2D eigenvalue weighted by Crippen LogP contribution is -3.08. The fourth-order valence-corrected chi connectivity index (χ4v) is 2.60. The Labute approximate surface area is 133 Å². The zero-order chi connectivity index (χ0) is 16.2. The highest BCUT2D eigenvalue weighted by molar-refractivity contribution is 5.93. The van der Waals surface area contributed by atoms with Crippen molar-refractivity contribution in [1.29, 1.82) is 0 Å². The predicted octanol–water partition coefficient (Wildman–Crippen LogP) is 0.510. The van der Waals surface area contributed by atoms with E-state index in [2.05, 4.69) is 27.4 Å². The molecule has 4 N–H and O–H groups in total. The first-order valence-corrected chi connectivity index (χ1v) is 7.47. The van der Waals surface area contributed by atoms with Crippen LogP contribution in [-0.2, 0) is 11.3 Å². The molecule has 0 aliphatic heterocycles. The Morgan fingerprint density at radius 3 is 2.61 bits per heavy atom. The van der Waals surface area contributed by atoms with Gasteiger partial charge in [0.25, 0.3) is 5.91 Å². The summed E-state index contributed by atoms with van der Waals surface area (Å²) in [5.41, 5.74) is 3.02. The summed E-state index contributed by atoms with van der Waals surface area (Å²) in [4.78, 5) is 29.8. The summed E-state index contributed by atoms with van der Waals surface area (Å²) >= 11 is 0. The van der Waals surface area contributed by atoms with Crippen LogP contribution in [0.25, 0.3) is 11.0 Å². The summed E-state index contributed by atoms with van der Waals surface area (Å²) in [5, 5.41) is 2.86. The first-order chi connectivity index (χ1) is 11.1. The van der Waals surface area contributed by atoms with E-state index in [1.165, 1.54) is 5.56 Å². The van der Waals surface area contributed by atoms with Crippen LogP contribution in [0.2, 0.25) is 0 Å². The molecule has 1 heterocycles. The highest BCUT2D eigenvalue weighted by Crippen LogP contribution is 2.14. The summed E-state index contributed by atoms with van der Waals surface area (Å²) in [6.07, 6.45) is 0. The number of hydrogen-bond donors (Lipinski definition) is 4. The lowest BCUT2D eigenvalue weighted by Gasteiger charge is -2.14. The molecular formula is C17H19N4O2+. The van der Waals surface area contributed by atoms with Crippen LogP contribution in [0.15, 0.2) is 53.3 Å². The number of carbonyl (C=O) groups is 1. The van der Waals surface area contributed by atoms with Crippen molar-refractivity contribution in [1.82, 2.24) is 9.97 Å². The zero-order valence-corrected chi connectivity index (χ0v) is 12.8. The molecule has 3 aromatic rings. The minimum atomic E-state index is -0.254. The summed E-state index contributed by atoms with van der Waals surface area (Å²) in [6, 6.07) is 15.4. The van der Waals surface area contributed by atoms with Gasteiger partial charge < -0.3 is 20.2 Å². The van der Waals surface area contributed by atoms with Crippen molar-refractivity contribution >= 4 is 22.6 Å². The van der Waals surface area contributed by atoms with E-state index < -0.39 is 0 Å². The molecule has 23 heavy (non-hydrogen) atoms. The third-order valence-electron chi connectivity index (χ3n) is 3.61. The average molecular weight is 311 g/mol. The van der Waals surface area contributed by atoms with Crippen LogP contribution >= 0.6 is 0 Å². The quantitative estimate of drug-likeness (QED) is 0.554. The van der Waals surface area contributed by atoms with Crippen LogP contribution in [0, 0.1) is 0 Å². The Kier molecular flexibility index (Phi) is 4.25. The zero-order valence-electron chi connectivity index (χ0n) is 12.8. The maximum Gasteiger partial charge on any atom is 0.323 e. The Morgan fingerprint density at radius 2 is 1.83 bits per heavy atom. The third kappa shape index (κ3) is 3.87. The standard InChI is InChI=1S/C17H18N4O2/c1-21(10-12-5-3-2-4-6-12)11-16(22)18-13-7-8-14-15(9-13)20-17(23)19-14/h2-9H,10-11H2,1H3,(H,18,22)(H2,19,20,23)/p+1. The van der Waals surface area contributed by atoms with E-state index in [4.69, 9.17) is 0 Å². The predicted molar refractivity (Wildman–Crippen MR) is 89.4 cm³/mol. The molecule has 6 heteroatoms. The fourth-order valence-electron chi connectivity index (χ4n) is 2.60. The monoisotopic (exact) mass is 311 g/mol. The number of imidazole rings is 1. The highest BCUT2D eigenvalue weighted by Gasteiger charge is 2.11. The molecule has 0 radical (unpaired) electrons. The normalized spacial score (nSPS) is 12.2. The smallest absolute Gasteiger partial charge is 0.323 e. The van der Waals surface area contributed by atoms with Crippen molar-refractivity contribution < 1.29 is 9.69 Å². The number of benzene rings is 2. The van der Waals surface area contributed by atoms with Gasteiger partial charge in [0.1, 0.15) is 6.54 Å². The molecule has 3 rings (SSSR count). The largest absolute Gasteiger partial charge is 0.326 e. The number of aromatic amines is 2. The van der Waals surface area contributed by atoms with Crippen LogP contribution in [0.1, 0.15) is 5.56 Å². The number of hydrogen-bond acceptors (Lipinski definition) is 2. The molecule has 0 saturated heterocycles. The topological polar surface area (TPSA) is 82.2 Å². The van der Waals surface area contributed by atoms with Crippen molar-refractivity contribution in [2.45, 2.75) is 6.54 Å². The van der Waals surface area contributed by atoms with Crippen LogP contribution in [-0.4, -0.2) is 29.5 Å². The third-order valence-corrected chi connectivity index (χ3v) is 3.61. The average Bonchev–Trinajstić information content (AvgIpc) is 2.87. The number of quaternary nitrogens is 1. The molecule has 0 saturated carbocycles. The Balaban J connectivity index is 1.60. The molecule has 0 fully saturated rings. The number of anilines is 1. The number of amides is 1. The molecule has 2 aromatic carbocycles. The van der Waals surface area contributed by atoms with Gasteiger partial charge >= 0.3 is 5.69 Å². The van der Waals surface area contributed by atoms with Gasteiger partial charge in [-0.05, 0) is 18.2 Å². The molecule has 0 aliphatic rings. The molecule has 0 spiro atoms. The van der Waals surface area contributed by atoms with Gasteiger partial charge in [0, 0.05) is 11.3 Å². The molecule has 1 aromatic heterocycles. The summed E-state index contributed by atoms with van der Waals surface area (Å²) in [7, 11) is 1.99. The lowest BCUT2D eigenvalue weighted by molar-refractivity contribution is -0.885. The van der Waals surface area contributed by atoms with E-state index in [-0.39, 0.29) is 11.6 Å². The van der Waals surface area contributed by atoms with Crippen molar-refractivity contribution in [3.05, 3.63) is 64.6 Å². The van der Waals surface area contributed by atoms with Gasteiger partial charge in [0.15, 0.2) is 6.54 Å². The van der Waals surface area contributed by atoms with Crippen molar-refractivity contribution in [2.75, 3.05) is 18.9 Å². The number of carbonyl (C=O) groups excluding carboxylic acids is 1. The van der Waals surface area contributed by atoms with Crippen LogP contribution < -0.4 is 15.9 Å². The summed E-state index contributed by atoms with van der Waals surface area (Å²) in [5.74, 6) is -0.0596. The van der Waals surface area contributed by atoms with E-state index in [9.17, 15) is 9.59 Å². The van der Waals surface area contributed by atoms with Crippen molar-refractivity contribution in [3.63, 3.8) is 0 Å². The molecule has 1 unspecified atom stereocenters. The number of aromatic nitrogens is 2. The number of nitrogens with one attached hydrogen (secondary N) is 4. The molecule has 1 atom stereocenters. The molecular weight excluding hydrogens is 292 g/mol. The maximum atomic E-state index is 12.1. The molecule has 6 nitrogen and oxygen atoms in total. The SMILES string of the molecule is C[NH+](CC(=O)Nc1ccc2[nH]c(=O)[nH]c2c1)Cc1ccccc1. The van der Waals surface area contributed by atoms with Gasteiger partial charge in [-0.15, -0.1) is 0 Å². The van der Waals surface area contributed by atoms with E-state index in [1.54, 1.807) is 18.2 Å². The van der Waals surface area contributed by atoms with Crippen LogP contribution in [0.3, 0.4) is 0 Å². The number of H-pyrrole nitrogens is 2.